The predicted octanol–water partition coefficient (Wildman–Crippen LogP) is 1.23. The summed E-state index contributed by atoms with van der Waals surface area (Å²) in [5.74, 6) is -0.538. The molecule has 1 aliphatic heterocycles. The number of aromatic nitrogens is 1. The van der Waals surface area contributed by atoms with Gasteiger partial charge in [-0.2, -0.15) is 0 Å². The second-order valence-corrected chi connectivity index (χ2v) is 4.36. The Bertz CT molecular complexity index is 643. The molecule has 2 heterocycles. The third-order valence-electron chi connectivity index (χ3n) is 3.06. The van der Waals surface area contributed by atoms with E-state index in [1.54, 1.807) is 18.2 Å². The number of fused-ring (bicyclic) bond motifs is 1. The van der Waals surface area contributed by atoms with E-state index < -0.39 is 5.76 Å². The molecule has 0 spiro atoms. The molecule has 1 saturated heterocycles. The first-order valence-electron chi connectivity index (χ1n) is 5.89. The summed E-state index contributed by atoms with van der Waals surface area (Å²) in [6.07, 6.45) is 1.88. The van der Waals surface area contributed by atoms with Gasteiger partial charge in [0.1, 0.15) is 0 Å². The van der Waals surface area contributed by atoms with Crippen LogP contribution >= 0.6 is 12.4 Å². The molecule has 1 aliphatic rings. The summed E-state index contributed by atoms with van der Waals surface area (Å²) >= 11 is 0. The Kier molecular flexibility index (Phi) is 3.92. The Balaban J connectivity index is 0.00000133. The van der Waals surface area contributed by atoms with E-state index in [1.165, 1.54) is 0 Å². The Hall–Kier alpha value is -1.79. The average molecular weight is 284 g/mol. The molecule has 1 aromatic heterocycles. The number of carbonyl (C=O) groups is 1. The van der Waals surface area contributed by atoms with Gasteiger partial charge in [-0.15, -0.1) is 12.4 Å². The Morgan fingerprint density at radius 3 is 3.00 bits per heavy atom. The number of H-pyrrole nitrogens is 1. The highest BCUT2D eigenvalue weighted by Gasteiger charge is 2.21. The maximum absolute atomic E-state index is 11.9. The van der Waals surface area contributed by atoms with Gasteiger partial charge >= 0.3 is 5.76 Å². The van der Waals surface area contributed by atoms with Crippen LogP contribution in [0.1, 0.15) is 12.8 Å². The van der Waals surface area contributed by atoms with Gasteiger partial charge in [-0.05, 0) is 37.6 Å². The first kappa shape index (κ1) is 13.6. The molecule has 102 valence electrons. The molecule has 1 unspecified atom stereocenters. The second-order valence-electron chi connectivity index (χ2n) is 4.36. The highest BCUT2D eigenvalue weighted by atomic mass is 35.5. The lowest BCUT2D eigenvalue weighted by molar-refractivity contribution is -0.117. The number of halogens is 1. The molecule has 1 fully saturated rings. The van der Waals surface area contributed by atoms with Gasteiger partial charge in [0, 0.05) is 5.69 Å². The SMILES string of the molecule is Cl.O=C(Nc1ccc2oc(=O)[nH]c2c1)C1CCCN1. The third-order valence-corrected chi connectivity index (χ3v) is 3.06. The maximum atomic E-state index is 11.9. The van der Waals surface area contributed by atoms with Crippen LogP contribution in [0.25, 0.3) is 11.1 Å². The van der Waals surface area contributed by atoms with E-state index in [1.807, 2.05) is 0 Å². The van der Waals surface area contributed by atoms with Gasteiger partial charge in [-0.1, -0.05) is 0 Å². The zero-order valence-electron chi connectivity index (χ0n) is 10.1. The molecule has 19 heavy (non-hydrogen) atoms. The van der Waals surface area contributed by atoms with Gasteiger partial charge in [-0.3, -0.25) is 9.78 Å². The minimum Gasteiger partial charge on any atom is -0.408 e. The molecule has 0 bridgehead atoms. The Morgan fingerprint density at radius 1 is 1.42 bits per heavy atom. The lowest BCUT2D eigenvalue weighted by Crippen LogP contribution is -2.35. The summed E-state index contributed by atoms with van der Waals surface area (Å²) in [5.41, 5.74) is 1.72. The summed E-state index contributed by atoms with van der Waals surface area (Å²) < 4.78 is 4.89. The monoisotopic (exact) mass is 283 g/mol. The first-order valence-corrected chi connectivity index (χ1v) is 5.89. The van der Waals surface area contributed by atoms with Crippen LogP contribution < -0.4 is 16.4 Å². The molecule has 7 heteroatoms. The van der Waals surface area contributed by atoms with E-state index in [2.05, 4.69) is 15.6 Å². The fourth-order valence-electron chi connectivity index (χ4n) is 2.17. The van der Waals surface area contributed by atoms with Crippen molar-refractivity contribution in [2.24, 2.45) is 0 Å². The molecule has 1 amide bonds. The zero-order valence-corrected chi connectivity index (χ0v) is 10.9. The summed E-state index contributed by atoms with van der Waals surface area (Å²) in [6, 6.07) is 4.94. The van der Waals surface area contributed by atoms with E-state index in [4.69, 9.17) is 4.42 Å². The topological polar surface area (TPSA) is 87.1 Å². The summed E-state index contributed by atoms with van der Waals surface area (Å²) in [7, 11) is 0. The summed E-state index contributed by atoms with van der Waals surface area (Å²) in [6.45, 7) is 0.881. The first-order chi connectivity index (χ1) is 8.72. The van der Waals surface area contributed by atoms with E-state index in [-0.39, 0.29) is 24.4 Å². The molecule has 3 N–H and O–H groups in total. The van der Waals surface area contributed by atoms with Crippen LogP contribution in [0.4, 0.5) is 5.69 Å². The van der Waals surface area contributed by atoms with Crippen molar-refractivity contribution in [3.63, 3.8) is 0 Å². The standard InChI is InChI=1S/C12H13N3O3.ClH/c16-11(8-2-1-5-13-8)14-7-3-4-10-9(6-7)15-12(17)18-10;/h3-4,6,8,13H,1-2,5H2,(H,14,16)(H,15,17);1H. The van der Waals surface area contributed by atoms with Crippen LogP contribution in [0.3, 0.4) is 0 Å². The van der Waals surface area contributed by atoms with E-state index in [0.29, 0.717) is 16.8 Å². The van der Waals surface area contributed by atoms with Crippen molar-refractivity contribution in [1.82, 2.24) is 10.3 Å². The number of amides is 1. The quantitative estimate of drug-likeness (QED) is 0.774. The third kappa shape index (κ3) is 2.80. The van der Waals surface area contributed by atoms with Gasteiger partial charge in [0.05, 0.1) is 11.6 Å². The number of aromatic amines is 1. The predicted molar refractivity (Wildman–Crippen MR) is 73.7 cm³/mol. The molecule has 2 aromatic rings. The van der Waals surface area contributed by atoms with E-state index in [0.717, 1.165) is 19.4 Å². The highest BCUT2D eigenvalue weighted by molar-refractivity contribution is 5.96. The number of hydrogen-bond donors (Lipinski definition) is 3. The molecule has 1 atom stereocenters. The zero-order chi connectivity index (χ0) is 12.5. The second kappa shape index (κ2) is 5.46. The van der Waals surface area contributed by atoms with Crippen LogP contribution in [0.5, 0.6) is 0 Å². The van der Waals surface area contributed by atoms with Gasteiger partial charge in [-0.25, -0.2) is 4.79 Å². The van der Waals surface area contributed by atoms with Gasteiger partial charge < -0.3 is 15.1 Å². The van der Waals surface area contributed by atoms with Crippen molar-refractivity contribution in [2.45, 2.75) is 18.9 Å². The van der Waals surface area contributed by atoms with Gasteiger partial charge in [0.15, 0.2) is 5.58 Å². The highest BCUT2D eigenvalue weighted by Crippen LogP contribution is 2.17. The summed E-state index contributed by atoms with van der Waals surface area (Å²) in [5, 5.41) is 5.95. The van der Waals surface area contributed by atoms with Crippen LogP contribution in [-0.4, -0.2) is 23.5 Å². The minimum absolute atomic E-state index is 0. The number of benzene rings is 1. The molecule has 0 radical (unpaired) electrons. The van der Waals surface area contributed by atoms with Crippen LogP contribution in [0.2, 0.25) is 0 Å². The van der Waals surface area contributed by atoms with E-state index >= 15 is 0 Å². The van der Waals surface area contributed by atoms with Gasteiger partial charge in [0.25, 0.3) is 0 Å². The Labute approximate surface area is 115 Å². The smallest absolute Gasteiger partial charge is 0.408 e. The van der Waals surface area contributed by atoms with Crippen LogP contribution in [0.15, 0.2) is 27.4 Å². The fourth-order valence-corrected chi connectivity index (χ4v) is 2.17. The number of carbonyl (C=O) groups excluding carboxylic acids is 1. The lowest BCUT2D eigenvalue weighted by atomic mass is 10.2. The van der Waals surface area contributed by atoms with Crippen molar-refractivity contribution in [1.29, 1.82) is 0 Å². The Morgan fingerprint density at radius 2 is 2.26 bits per heavy atom. The summed E-state index contributed by atoms with van der Waals surface area (Å²) in [4.78, 5) is 25.5. The van der Waals surface area contributed by atoms with Gasteiger partial charge in [0.2, 0.25) is 5.91 Å². The van der Waals surface area contributed by atoms with Crippen molar-refractivity contribution in [3.05, 3.63) is 28.7 Å². The van der Waals surface area contributed by atoms with Crippen molar-refractivity contribution < 1.29 is 9.21 Å². The number of hydrogen-bond acceptors (Lipinski definition) is 4. The average Bonchev–Trinajstić information content (AvgIpc) is 2.95. The molecule has 1 aromatic carbocycles. The lowest BCUT2D eigenvalue weighted by Gasteiger charge is -2.10. The van der Waals surface area contributed by atoms with Crippen LogP contribution in [-0.2, 0) is 4.79 Å². The number of oxazole rings is 1. The molecule has 6 nitrogen and oxygen atoms in total. The number of anilines is 1. The molecule has 3 rings (SSSR count). The van der Waals surface area contributed by atoms with Crippen molar-refractivity contribution in [3.8, 4) is 0 Å². The van der Waals surface area contributed by atoms with Crippen LogP contribution in [0, 0.1) is 0 Å². The van der Waals surface area contributed by atoms with Crippen molar-refractivity contribution in [2.75, 3.05) is 11.9 Å². The molecule has 0 aliphatic carbocycles. The maximum Gasteiger partial charge on any atom is 0.417 e. The fraction of sp³-hybridized carbons (Fsp3) is 0.333. The number of nitrogens with one attached hydrogen (secondary N) is 3. The number of rotatable bonds is 2. The normalized spacial score (nSPS) is 18.2. The van der Waals surface area contributed by atoms with E-state index in [9.17, 15) is 9.59 Å². The molecular formula is C12H14ClN3O3. The minimum atomic E-state index is -0.495. The molecule has 0 saturated carbocycles. The largest absolute Gasteiger partial charge is 0.417 e. The molecular weight excluding hydrogens is 270 g/mol. The van der Waals surface area contributed by atoms with Crippen molar-refractivity contribution >= 4 is 35.1 Å².